The molecule has 7 heteroatoms. The SMILES string of the molecule is COC(=O)C12OC1CC13OC(C)(C)C4C(O)C(OC(=O)C41)C32C. The molecular formula is C16H20O7. The van der Waals surface area contributed by atoms with Crippen molar-refractivity contribution < 1.29 is 33.6 Å². The molecule has 0 amide bonds. The highest BCUT2D eigenvalue weighted by atomic mass is 16.7. The topological polar surface area (TPSA) is 94.6 Å². The molecule has 6 rings (SSSR count). The van der Waals surface area contributed by atoms with Crippen molar-refractivity contribution in [1.29, 1.82) is 0 Å². The summed E-state index contributed by atoms with van der Waals surface area (Å²) in [5, 5.41) is 10.9. The lowest BCUT2D eigenvalue weighted by molar-refractivity contribution is -0.276. The number of epoxide rings is 1. The van der Waals surface area contributed by atoms with Gasteiger partial charge in [-0.05, 0) is 20.8 Å². The molecule has 8 unspecified atom stereocenters. The van der Waals surface area contributed by atoms with Crippen LogP contribution < -0.4 is 0 Å². The zero-order valence-corrected chi connectivity index (χ0v) is 13.5. The van der Waals surface area contributed by atoms with Crippen LogP contribution in [0, 0.1) is 17.3 Å². The van der Waals surface area contributed by atoms with E-state index in [0.29, 0.717) is 6.42 Å². The third-order valence-electron chi connectivity index (χ3n) is 7.21. The summed E-state index contributed by atoms with van der Waals surface area (Å²) in [5.74, 6) is -1.74. The number of rotatable bonds is 1. The van der Waals surface area contributed by atoms with E-state index in [4.69, 9.17) is 18.9 Å². The average molecular weight is 324 g/mol. The maximum absolute atomic E-state index is 12.5. The number of hydrogen-bond acceptors (Lipinski definition) is 7. The van der Waals surface area contributed by atoms with E-state index in [2.05, 4.69) is 0 Å². The van der Waals surface area contributed by atoms with Gasteiger partial charge in [-0.1, -0.05) is 0 Å². The van der Waals surface area contributed by atoms with Gasteiger partial charge in [-0.3, -0.25) is 4.79 Å². The van der Waals surface area contributed by atoms with E-state index >= 15 is 0 Å². The van der Waals surface area contributed by atoms with Crippen LogP contribution in [0.5, 0.6) is 0 Å². The molecule has 4 heterocycles. The number of aliphatic hydroxyl groups excluding tert-OH is 1. The summed E-state index contributed by atoms with van der Waals surface area (Å²) in [6.07, 6.45) is -1.64. The molecule has 23 heavy (non-hydrogen) atoms. The van der Waals surface area contributed by atoms with E-state index in [1.807, 2.05) is 20.8 Å². The van der Waals surface area contributed by atoms with Crippen molar-refractivity contribution in [3.05, 3.63) is 0 Å². The van der Waals surface area contributed by atoms with Crippen molar-refractivity contribution in [3.63, 3.8) is 0 Å². The van der Waals surface area contributed by atoms with Crippen LogP contribution in [0.1, 0.15) is 27.2 Å². The van der Waals surface area contributed by atoms with Crippen molar-refractivity contribution in [2.24, 2.45) is 17.3 Å². The molecule has 4 bridgehead atoms. The predicted octanol–water partition coefficient (Wildman–Crippen LogP) is -0.213. The number of fused-ring (bicyclic) bond motifs is 2. The van der Waals surface area contributed by atoms with Gasteiger partial charge in [-0.15, -0.1) is 0 Å². The molecule has 0 aromatic carbocycles. The summed E-state index contributed by atoms with van der Waals surface area (Å²) in [5.41, 5.74) is -3.68. The first-order valence-electron chi connectivity index (χ1n) is 8.02. The molecule has 0 radical (unpaired) electrons. The third kappa shape index (κ3) is 1.08. The average Bonchev–Trinajstić information content (AvgIpc) is 3.07. The number of methoxy groups -OCH3 is 1. The van der Waals surface area contributed by atoms with Crippen molar-refractivity contribution >= 4 is 11.9 Å². The van der Waals surface area contributed by atoms with Crippen molar-refractivity contribution in [1.82, 2.24) is 0 Å². The van der Waals surface area contributed by atoms with E-state index in [1.165, 1.54) is 7.11 Å². The Balaban J connectivity index is 1.77. The first-order chi connectivity index (χ1) is 10.7. The van der Waals surface area contributed by atoms with E-state index in [9.17, 15) is 14.7 Å². The molecule has 8 atom stereocenters. The monoisotopic (exact) mass is 324 g/mol. The second-order valence-electron chi connectivity index (χ2n) is 8.19. The summed E-state index contributed by atoms with van der Waals surface area (Å²) >= 11 is 0. The minimum atomic E-state index is -1.20. The Morgan fingerprint density at radius 3 is 2.70 bits per heavy atom. The first-order valence-corrected chi connectivity index (χ1v) is 8.02. The van der Waals surface area contributed by atoms with E-state index in [0.717, 1.165) is 0 Å². The van der Waals surface area contributed by atoms with Gasteiger partial charge in [0.1, 0.15) is 12.2 Å². The van der Waals surface area contributed by atoms with Gasteiger partial charge in [0.15, 0.2) is 0 Å². The Hall–Kier alpha value is -1.18. The molecule has 6 fully saturated rings. The summed E-state index contributed by atoms with van der Waals surface area (Å²) in [7, 11) is 1.32. The van der Waals surface area contributed by atoms with Crippen LogP contribution in [0.4, 0.5) is 0 Å². The van der Waals surface area contributed by atoms with Gasteiger partial charge in [0.25, 0.3) is 0 Å². The third-order valence-corrected chi connectivity index (χ3v) is 7.21. The van der Waals surface area contributed by atoms with Gasteiger partial charge in [-0.25, -0.2) is 4.79 Å². The highest BCUT2D eigenvalue weighted by Crippen LogP contribution is 2.79. The molecule has 0 aromatic rings. The lowest BCUT2D eigenvalue weighted by Gasteiger charge is -2.59. The fraction of sp³-hybridized carbons (Fsp3) is 0.875. The standard InChI is InChI=1S/C16H20O7/c1-13(2)7-8-11(18)21-10(9(7)17)14(3)15(8,23-13)5-6-16(14,22-6)12(19)20-4/h6-10,17H,5H2,1-4H3. The van der Waals surface area contributed by atoms with E-state index in [-0.39, 0.29) is 18.0 Å². The highest BCUT2D eigenvalue weighted by Gasteiger charge is 2.95. The number of hydrogen-bond donors (Lipinski definition) is 1. The van der Waals surface area contributed by atoms with Crippen molar-refractivity contribution in [2.75, 3.05) is 7.11 Å². The number of carbonyl (C=O) groups is 2. The second-order valence-corrected chi connectivity index (χ2v) is 8.19. The molecule has 2 saturated carbocycles. The highest BCUT2D eigenvalue weighted by molar-refractivity contribution is 5.89. The summed E-state index contributed by atoms with van der Waals surface area (Å²) in [4.78, 5) is 25.0. The van der Waals surface area contributed by atoms with E-state index in [1.54, 1.807) is 0 Å². The summed E-state index contributed by atoms with van der Waals surface area (Å²) in [6.45, 7) is 5.61. The molecule has 4 aliphatic heterocycles. The molecule has 7 nitrogen and oxygen atoms in total. The minimum Gasteiger partial charge on any atom is -0.467 e. The molecule has 0 aromatic heterocycles. The number of aliphatic hydroxyl groups is 1. The molecule has 6 aliphatic rings. The van der Waals surface area contributed by atoms with Crippen LogP contribution >= 0.6 is 0 Å². The molecule has 1 N–H and O–H groups in total. The van der Waals surface area contributed by atoms with Gasteiger partial charge >= 0.3 is 11.9 Å². The van der Waals surface area contributed by atoms with Crippen LogP contribution in [0.25, 0.3) is 0 Å². The summed E-state index contributed by atoms with van der Waals surface area (Å²) in [6, 6.07) is 0. The molecule has 1 spiro atoms. The van der Waals surface area contributed by atoms with E-state index < -0.39 is 46.3 Å². The first kappa shape index (κ1) is 14.2. The Morgan fingerprint density at radius 1 is 1.35 bits per heavy atom. The van der Waals surface area contributed by atoms with Crippen LogP contribution in [0.15, 0.2) is 0 Å². The minimum absolute atomic E-state index is 0.338. The molecule has 2 aliphatic carbocycles. The summed E-state index contributed by atoms with van der Waals surface area (Å²) < 4.78 is 22.7. The normalized spacial score (nSPS) is 60.0. The largest absolute Gasteiger partial charge is 0.467 e. The van der Waals surface area contributed by atoms with Crippen LogP contribution in [-0.4, -0.2) is 59.3 Å². The Bertz CT molecular complexity index is 659. The maximum Gasteiger partial charge on any atom is 0.341 e. The van der Waals surface area contributed by atoms with Gasteiger partial charge in [0.05, 0.1) is 35.7 Å². The Kier molecular flexibility index (Phi) is 2.12. The van der Waals surface area contributed by atoms with Gasteiger partial charge in [0.2, 0.25) is 5.60 Å². The maximum atomic E-state index is 12.5. The van der Waals surface area contributed by atoms with Crippen molar-refractivity contribution in [2.45, 2.75) is 62.3 Å². The van der Waals surface area contributed by atoms with Gasteiger partial charge in [-0.2, -0.15) is 0 Å². The molecule has 126 valence electrons. The van der Waals surface area contributed by atoms with Crippen molar-refractivity contribution in [3.8, 4) is 0 Å². The number of ether oxygens (including phenoxy) is 4. The number of carbonyl (C=O) groups excluding carboxylic acids is 2. The van der Waals surface area contributed by atoms with Crippen LogP contribution in [0.3, 0.4) is 0 Å². The quantitative estimate of drug-likeness (QED) is 0.526. The Morgan fingerprint density at radius 2 is 2.04 bits per heavy atom. The van der Waals surface area contributed by atoms with Crippen LogP contribution in [0.2, 0.25) is 0 Å². The lowest BCUT2D eigenvalue weighted by atomic mass is 9.50. The molecule has 4 saturated heterocycles. The smallest absolute Gasteiger partial charge is 0.341 e. The zero-order valence-electron chi connectivity index (χ0n) is 13.5. The zero-order chi connectivity index (χ0) is 16.6. The lowest BCUT2D eigenvalue weighted by Crippen LogP contribution is -2.75. The fourth-order valence-corrected chi connectivity index (χ4v) is 6.38. The predicted molar refractivity (Wildman–Crippen MR) is 73.1 cm³/mol. The fourth-order valence-electron chi connectivity index (χ4n) is 6.38. The number of esters is 2. The Labute approximate surface area is 133 Å². The molecular weight excluding hydrogens is 304 g/mol. The van der Waals surface area contributed by atoms with Gasteiger partial charge < -0.3 is 24.1 Å². The van der Waals surface area contributed by atoms with Gasteiger partial charge in [0, 0.05) is 12.3 Å². The van der Waals surface area contributed by atoms with Crippen LogP contribution in [-0.2, 0) is 28.5 Å². The second kappa shape index (κ2) is 3.43.